The molecule has 0 aromatic carbocycles. The SMILES string of the molecule is C=C/C=C(/F)CC/C=C\Cc1nc(N(C)S(C)=O)n(C(C)C)c1C.CC. The van der Waals surface area contributed by atoms with Crippen LogP contribution in [0.3, 0.4) is 0 Å². The van der Waals surface area contributed by atoms with E-state index >= 15 is 0 Å². The van der Waals surface area contributed by atoms with Crippen molar-refractivity contribution in [3.05, 3.63) is 48.1 Å². The molecule has 0 aliphatic carbocycles. The third kappa shape index (κ3) is 7.28. The Kier molecular flexibility index (Phi) is 11.8. The molecule has 0 aliphatic heterocycles. The lowest BCUT2D eigenvalue weighted by molar-refractivity contribution is 0.586. The fraction of sp³-hybridized carbons (Fsp3) is 0.550. The van der Waals surface area contributed by atoms with Gasteiger partial charge in [-0.15, -0.1) is 0 Å². The quantitative estimate of drug-likeness (QED) is 0.420. The molecule has 0 N–H and O–H groups in total. The van der Waals surface area contributed by atoms with Gasteiger partial charge in [0.15, 0.2) is 0 Å². The average molecular weight is 384 g/mol. The van der Waals surface area contributed by atoms with E-state index in [0.29, 0.717) is 25.2 Å². The number of hydrogen-bond acceptors (Lipinski definition) is 2. The third-order valence-electron chi connectivity index (χ3n) is 3.74. The average Bonchev–Trinajstić information content (AvgIpc) is 2.92. The number of hydrogen-bond donors (Lipinski definition) is 0. The van der Waals surface area contributed by atoms with Gasteiger partial charge in [-0.25, -0.2) is 13.6 Å². The maximum atomic E-state index is 13.2. The van der Waals surface area contributed by atoms with E-state index in [1.807, 2.05) is 32.9 Å². The Morgan fingerprint density at radius 1 is 1.38 bits per heavy atom. The zero-order valence-electron chi connectivity index (χ0n) is 17.3. The molecule has 26 heavy (non-hydrogen) atoms. The first-order valence-corrected chi connectivity index (χ1v) is 10.6. The standard InChI is InChI=1S/C18H28FN3OS.C2H6/c1-7-11-16(19)12-9-8-10-13-17-15(4)22(14(2)3)18(20-17)21(5)24(6)23;1-2/h7-8,10-11,14H,1,9,12-13H2,2-6H3;1-2H3/b10-8-,16-11+;. The number of halogens is 1. The molecule has 4 nitrogen and oxygen atoms in total. The van der Waals surface area contributed by atoms with Gasteiger partial charge in [0.25, 0.3) is 0 Å². The minimum Gasteiger partial charge on any atom is -0.311 e. The lowest BCUT2D eigenvalue weighted by atomic mass is 10.2. The second-order valence-corrected chi connectivity index (χ2v) is 7.29. The van der Waals surface area contributed by atoms with Crippen LogP contribution in [0.15, 0.2) is 36.7 Å². The largest absolute Gasteiger partial charge is 0.311 e. The van der Waals surface area contributed by atoms with E-state index in [-0.39, 0.29) is 11.9 Å². The monoisotopic (exact) mass is 383 g/mol. The van der Waals surface area contributed by atoms with Crippen LogP contribution < -0.4 is 4.31 Å². The summed E-state index contributed by atoms with van der Waals surface area (Å²) < 4.78 is 28.8. The van der Waals surface area contributed by atoms with Crippen LogP contribution in [-0.4, -0.2) is 27.1 Å². The molecule has 6 heteroatoms. The molecule has 0 radical (unpaired) electrons. The van der Waals surface area contributed by atoms with Gasteiger partial charge in [0.05, 0.1) is 5.69 Å². The maximum absolute atomic E-state index is 13.2. The highest BCUT2D eigenvalue weighted by molar-refractivity contribution is 7.85. The summed E-state index contributed by atoms with van der Waals surface area (Å²) in [5.41, 5.74) is 2.02. The predicted octanol–water partition coefficient (Wildman–Crippen LogP) is 5.45. The van der Waals surface area contributed by atoms with Crippen LogP contribution in [0.2, 0.25) is 0 Å². The summed E-state index contributed by atoms with van der Waals surface area (Å²) in [7, 11) is 0.660. The van der Waals surface area contributed by atoms with Crippen LogP contribution in [-0.2, 0) is 17.4 Å². The van der Waals surface area contributed by atoms with E-state index in [1.165, 1.54) is 12.2 Å². The van der Waals surface area contributed by atoms with Crippen molar-refractivity contribution in [1.82, 2.24) is 9.55 Å². The van der Waals surface area contributed by atoms with Crippen molar-refractivity contribution in [2.45, 2.75) is 59.9 Å². The molecule has 148 valence electrons. The molecule has 0 aliphatic rings. The molecule has 0 spiro atoms. The van der Waals surface area contributed by atoms with Crippen LogP contribution in [0.1, 0.15) is 58.0 Å². The van der Waals surface area contributed by atoms with Gasteiger partial charge in [-0.05, 0) is 33.3 Å². The Balaban J connectivity index is 0.00000301. The minimum atomic E-state index is -1.12. The Morgan fingerprint density at radius 3 is 2.50 bits per heavy atom. The summed E-state index contributed by atoms with van der Waals surface area (Å²) in [4.78, 5) is 4.66. The number of rotatable bonds is 9. The minimum absolute atomic E-state index is 0.163. The smallest absolute Gasteiger partial charge is 0.218 e. The van der Waals surface area contributed by atoms with Gasteiger partial charge in [-0.1, -0.05) is 38.7 Å². The Labute approximate surface area is 161 Å². The van der Waals surface area contributed by atoms with Gasteiger partial charge in [-0.3, -0.25) is 4.31 Å². The lowest BCUT2D eigenvalue weighted by Crippen LogP contribution is -2.23. The summed E-state index contributed by atoms with van der Waals surface area (Å²) in [5, 5.41) is 0. The van der Waals surface area contributed by atoms with E-state index in [2.05, 4.69) is 30.0 Å². The lowest BCUT2D eigenvalue weighted by Gasteiger charge is -2.19. The number of aromatic nitrogens is 2. The Hall–Kier alpha value is -1.69. The summed E-state index contributed by atoms with van der Waals surface area (Å²) in [6.07, 6.45) is 10.2. The van der Waals surface area contributed by atoms with Gasteiger partial charge in [-0.2, -0.15) is 0 Å². The molecule has 1 heterocycles. The maximum Gasteiger partial charge on any atom is 0.218 e. The highest BCUT2D eigenvalue weighted by Gasteiger charge is 2.19. The highest BCUT2D eigenvalue weighted by Crippen LogP contribution is 2.24. The number of anilines is 1. The molecule has 0 amide bonds. The fourth-order valence-electron chi connectivity index (χ4n) is 2.44. The van der Waals surface area contributed by atoms with Crippen LogP contribution in [0, 0.1) is 6.92 Å². The van der Waals surface area contributed by atoms with Crippen molar-refractivity contribution < 1.29 is 8.60 Å². The molecular formula is C20H34FN3OS. The summed E-state index contributed by atoms with van der Waals surface area (Å²) in [6.45, 7) is 13.7. The zero-order chi connectivity index (χ0) is 20.3. The van der Waals surface area contributed by atoms with Gasteiger partial charge in [0.2, 0.25) is 5.95 Å². The zero-order valence-corrected chi connectivity index (χ0v) is 18.1. The summed E-state index contributed by atoms with van der Waals surface area (Å²) in [6, 6.07) is 0.231. The topological polar surface area (TPSA) is 38.1 Å². The first kappa shape index (κ1) is 24.3. The van der Waals surface area contributed by atoms with E-state index in [4.69, 9.17) is 0 Å². The van der Waals surface area contributed by atoms with Crippen LogP contribution in [0.4, 0.5) is 10.3 Å². The predicted molar refractivity (Wildman–Crippen MR) is 113 cm³/mol. The molecule has 1 atom stereocenters. The summed E-state index contributed by atoms with van der Waals surface area (Å²) in [5.74, 6) is 0.552. The van der Waals surface area contributed by atoms with Crippen molar-refractivity contribution >= 4 is 16.9 Å². The van der Waals surface area contributed by atoms with Crippen LogP contribution in [0.25, 0.3) is 0 Å². The van der Waals surface area contributed by atoms with Gasteiger partial charge in [0, 0.05) is 37.9 Å². The van der Waals surface area contributed by atoms with E-state index < -0.39 is 11.0 Å². The normalized spacial score (nSPS) is 12.9. The number of allylic oxidation sites excluding steroid dienone is 5. The second-order valence-electron chi connectivity index (χ2n) is 5.89. The van der Waals surface area contributed by atoms with Crippen LogP contribution >= 0.6 is 0 Å². The van der Waals surface area contributed by atoms with Crippen LogP contribution in [0.5, 0.6) is 0 Å². The molecule has 1 unspecified atom stereocenters. The molecule has 0 bridgehead atoms. The van der Waals surface area contributed by atoms with E-state index in [9.17, 15) is 8.60 Å². The molecule has 0 saturated carbocycles. The number of imidazole rings is 1. The number of nitrogens with zero attached hydrogens (tertiary/aromatic N) is 3. The van der Waals surface area contributed by atoms with Crippen molar-refractivity contribution in [2.24, 2.45) is 0 Å². The summed E-state index contributed by atoms with van der Waals surface area (Å²) >= 11 is 0. The molecule has 1 aromatic rings. The Morgan fingerprint density at radius 2 is 2.00 bits per heavy atom. The fourth-order valence-corrected chi connectivity index (χ4v) is 2.80. The highest BCUT2D eigenvalue weighted by atomic mass is 32.2. The van der Waals surface area contributed by atoms with E-state index in [0.717, 1.165) is 11.4 Å². The first-order chi connectivity index (χ1) is 12.3. The van der Waals surface area contributed by atoms with Crippen molar-refractivity contribution in [3.8, 4) is 0 Å². The molecular weight excluding hydrogens is 349 g/mol. The van der Waals surface area contributed by atoms with Crippen molar-refractivity contribution in [3.63, 3.8) is 0 Å². The van der Waals surface area contributed by atoms with E-state index in [1.54, 1.807) is 17.6 Å². The Bertz CT molecular complexity index is 648. The van der Waals surface area contributed by atoms with Gasteiger partial charge < -0.3 is 4.57 Å². The van der Waals surface area contributed by atoms with Gasteiger partial charge >= 0.3 is 0 Å². The molecule has 0 fully saturated rings. The third-order valence-corrected chi connectivity index (χ3v) is 4.67. The van der Waals surface area contributed by atoms with Crippen molar-refractivity contribution in [1.29, 1.82) is 0 Å². The van der Waals surface area contributed by atoms with Crippen molar-refractivity contribution in [2.75, 3.05) is 17.6 Å². The second kappa shape index (κ2) is 12.6. The molecule has 0 saturated heterocycles. The van der Waals surface area contributed by atoms with Gasteiger partial charge in [0.1, 0.15) is 16.8 Å². The first-order valence-electron chi connectivity index (χ1n) is 9.06. The molecule has 1 aromatic heterocycles. The molecule has 1 rings (SSSR count).